The minimum atomic E-state index is -4.58. The van der Waals surface area contributed by atoms with Crippen LogP contribution in [-0.4, -0.2) is 35.8 Å². The number of alkyl halides is 3. The number of nitrogens with zero attached hydrogens (tertiary/aromatic N) is 2. The number of aromatic nitrogens is 2. The maximum Gasteiger partial charge on any atom is 0.416 e. The number of carbonyl (C=O) groups is 2. The summed E-state index contributed by atoms with van der Waals surface area (Å²) >= 11 is 0. The van der Waals surface area contributed by atoms with E-state index < -0.39 is 41.2 Å². The predicted octanol–water partition coefficient (Wildman–Crippen LogP) is 3.40. The molecule has 0 aliphatic heterocycles. The molecule has 1 heterocycles. The molecular formula is C21H17F5N4O3. The van der Waals surface area contributed by atoms with E-state index in [0.29, 0.717) is 0 Å². The lowest BCUT2D eigenvalue weighted by Gasteiger charge is -2.17. The molecule has 0 radical (unpaired) electrons. The minimum Gasteiger partial charge on any atom is -0.493 e. The van der Waals surface area contributed by atoms with E-state index in [1.165, 1.54) is 32.5 Å². The van der Waals surface area contributed by atoms with Crippen LogP contribution in [-0.2, 0) is 11.0 Å². The van der Waals surface area contributed by atoms with Crippen molar-refractivity contribution in [2.45, 2.75) is 12.2 Å². The van der Waals surface area contributed by atoms with Gasteiger partial charge in [-0.15, -0.1) is 0 Å². The first-order chi connectivity index (χ1) is 15.5. The van der Waals surface area contributed by atoms with Gasteiger partial charge in [-0.05, 0) is 35.9 Å². The van der Waals surface area contributed by atoms with E-state index in [2.05, 4.69) is 15.7 Å². The lowest BCUT2D eigenvalue weighted by atomic mass is 10.1. The topological polar surface area (TPSA) is 85.3 Å². The van der Waals surface area contributed by atoms with Gasteiger partial charge in [-0.3, -0.25) is 9.59 Å². The number of likely N-dealkylation sites (N-methyl/N-ethyl adjacent to an activating group) is 1. The third-order valence-electron chi connectivity index (χ3n) is 4.61. The van der Waals surface area contributed by atoms with Gasteiger partial charge >= 0.3 is 6.18 Å². The summed E-state index contributed by atoms with van der Waals surface area (Å²) in [6, 6.07) is 5.51. The van der Waals surface area contributed by atoms with Crippen molar-refractivity contribution in [3.8, 4) is 11.4 Å². The summed E-state index contributed by atoms with van der Waals surface area (Å²) < 4.78 is 72.1. The van der Waals surface area contributed by atoms with Crippen LogP contribution >= 0.6 is 0 Å². The van der Waals surface area contributed by atoms with Crippen LogP contribution in [0.1, 0.15) is 27.7 Å². The number of methoxy groups -OCH3 is 1. The van der Waals surface area contributed by atoms with Crippen molar-refractivity contribution < 1.29 is 36.3 Å². The lowest BCUT2D eigenvalue weighted by Crippen LogP contribution is -2.39. The van der Waals surface area contributed by atoms with Gasteiger partial charge in [0.2, 0.25) is 5.91 Å². The van der Waals surface area contributed by atoms with Crippen molar-refractivity contribution in [1.29, 1.82) is 0 Å². The highest BCUT2D eigenvalue weighted by Gasteiger charge is 2.31. The number of ether oxygens (including phenoxy) is 1. The van der Waals surface area contributed by atoms with Crippen LogP contribution in [0.4, 0.5) is 22.0 Å². The molecule has 0 aliphatic carbocycles. The van der Waals surface area contributed by atoms with Crippen molar-refractivity contribution in [2.24, 2.45) is 0 Å². The molecule has 3 aromatic rings. The average molecular weight is 468 g/mol. The van der Waals surface area contributed by atoms with Crippen LogP contribution < -0.4 is 15.4 Å². The maximum atomic E-state index is 13.7. The molecule has 2 N–H and O–H groups in total. The fourth-order valence-electron chi connectivity index (χ4n) is 2.96. The van der Waals surface area contributed by atoms with Crippen LogP contribution in [0, 0.1) is 11.6 Å². The number of nitrogens with one attached hydrogen (secondary N) is 2. The first-order valence-corrected chi connectivity index (χ1v) is 9.34. The van der Waals surface area contributed by atoms with Crippen molar-refractivity contribution >= 4 is 11.8 Å². The molecule has 0 bridgehead atoms. The Morgan fingerprint density at radius 1 is 1.09 bits per heavy atom. The molecule has 2 aromatic carbocycles. The number of benzene rings is 2. The van der Waals surface area contributed by atoms with E-state index in [1.54, 1.807) is 0 Å². The van der Waals surface area contributed by atoms with Crippen LogP contribution in [0.25, 0.3) is 5.69 Å². The fraction of sp³-hybridized carbons (Fsp3) is 0.190. The molecular weight excluding hydrogens is 451 g/mol. The lowest BCUT2D eigenvalue weighted by molar-refractivity contribution is -0.137. The van der Waals surface area contributed by atoms with Gasteiger partial charge in [0.25, 0.3) is 5.91 Å². The zero-order valence-corrected chi connectivity index (χ0v) is 17.2. The zero-order chi connectivity index (χ0) is 24.3. The molecule has 0 aliphatic rings. The summed E-state index contributed by atoms with van der Waals surface area (Å²) in [6.07, 6.45) is -3.39. The molecule has 1 atom stereocenters. The van der Waals surface area contributed by atoms with Gasteiger partial charge in [-0.2, -0.15) is 18.3 Å². The summed E-state index contributed by atoms with van der Waals surface area (Å²) in [5.41, 5.74) is -1.30. The number of hydrogen-bond donors (Lipinski definition) is 2. The SMILES string of the molecule is CNC(=O)C(NC(=O)c1nn(-c2cccc(C(F)(F)F)c2)cc1OC)c1ccc(F)c(F)c1. The number of amides is 2. The summed E-state index contributed by atoms with van der Waals surface area (Å²) in [5.74, 6) is -4.11. The van der Waals surface area contributed by atoms with Crippen LogP contribution in [0.3, 0.4) is 0 Å². The first-order valence-electron chi connectivity index (χ1n) is 9.34. The Balaban J connectivity index is 1.95. The normalized spacial score (nSPS) is 12.2. The van der Waals surface area contributed by atoms with Crippen LogP contribution in [0.5, 0.6) is 5.75 Å². The van der Waals surface area contributed by atoms with Gasteiger partial charge in [0.1, 0.15) is 6.04 Å². The van der Waals surface area contributed by atoms with Gasteiger partial charge < -0.3 is 15.4 Å². The highest BCUT2D eigenvalue weighted by molar-refractivity contribution is 5.98. The molecule has 7 nitrogen and oxygen atoms in total. The molecule has 12 heteroatoms. The molecule has 1 unspecified atom stereocenters. The second-order valence-corrected chi connectivity index (χ2v) is 6.73. The van der Waals surface area contributed by atoms with E-state index in [-0.39, 0.29) is 22.7 Å². The van der Waals surface area contributed by atoms with Gasteiger partial charge in [0.05, 0.1) is 24.6 Å². The summed E-state index contributed by atoms with van der Waals surface area (Å²) in [4.78, 5) is 25.1. The molecule has 0 saturated heterocycles. The third-order valence-corrected chi connectivity index (χ3v) is 4.61. The Labute approximate surface area is 184 Å². The third kappa shape index (κ3) is 5.10. The van der Waals surface area contributed by atoms with Crippen LogP contribution in [0.2, 0.25) is 0 Å². The van der Waals surface area contributed by atoms with Gasteiger partial charge in [-0.25, -0.2) is 13.5 Å². The van der Waals surface area contributed by atoms with Crippen molar-refractivity contribution in [3.05, 3.63) is 77.1 Å². The Kier molecular flexibility index (Phi) is 6.65. The van der Waals surface area contributed by atoms with Crippen molar-refractivity contribution in [1.82, 2.24) is 20.4 Å². The van der Waals surface area contributed by atoms with E-state index >= 15 is 0 Å². The first kappa shape index (κ1) is 23.7. The van der Waals surface area contributed by atoms with Crippen LogP contribution in [0.15, 0.2) is 48.7 Å². The molecule has 174 valence electrons. The highest BCUT2D eigenvalue weighted by Crippen LogP contribution is 2.31. The van der Waals surface area contributed by atoms with Gasteiger partial charge in [0.15, 0.2) is 23.1 Å². The Morgan fingerprint density at radius 2 is 1.82 bits per heavy atom. The summed E-state index contributed by atoms with van der Waals surface area (Å²) in [6.45, 7) is 0. The van der Waals surface area contributed by atoms with E-state index in [0.717, 1.165) is 35.0 Å². The van der Waals surface area contributed by atoms with Gasteiger partial charge in [0, 0.05) is 7.05 Å². The Bertz CT molecular complexity index is 1190. The summed E-state index contributed by atoms with van der Waals surface area (Å²) in [5, 5.41) is 8.63. The quantitative estimate of drug-likeness (QED) is 0.544. The maximum absolute atomic E-state index is 13.7. The predicted molar refractivity (Wildman–Crippen MR) is 106 cm³/mol. The number of hydrogen-bond acceptors (Lipinski definition) is 4. The van der Waals surface area contributed by atoms with E-state index in [9.17, 15) is 31.5 Å². The number of halogens is 5. The van der Waals surface area contributed by atoms with Gasteiger partial charge in [-0.1, -0.05) is 12.1 Å². The molecule has 0 fully saturated rings. The molecule has 0 saturated carbocycles. The second-order valence-electron chi connectivity index (χ2n) is 6.73. The molecule has 1 aromatic heterocycles. The standard InChI is InChI=1S/C21H17F5N4O3/c1-27-19(31)17(11-6-7-14(22)15(23)8-11)28-20(32)18-16(33-2)10-30(29-18)13-5-3-4-12(9-13)21(24,25)26/h3-10,17H,1-2H3,(H,27,31)(H,28,32). The molecule has 2 amide bonds. The molecule has 3 rings (SSSR count). The smallest absolute Gasteiger partial charge is 0.416 e. The largest absolute Gasteiger partial charge is 0.493 e. The van der Waals surface area contributed by atoms with E-state index in [4.69, 9.17) is 4.74 Å². The Morgan fingerprint density at radius 3 is 2.42 bits per heavy atom. The number of carbonyl (C=O) groups excluding carboxylic acids is 2. The second kappa shape index (κ2) is 9.27. The summed E-state index contributed by atoms with van der Waals surface area (Å²) in [7, 11) is 2.50. The molecule has 0 spiro atoms. The highest BCUT2D eigenvalue weighted by atomic mass is 19.4. The Hall–Kier alpha value is -3.96. The number of rotatable bonds is 6. The monoisotopic (exact) mass is 468 g/mol. The van der Waals surface area contributed by atoms with E-state index in [1.807, 2.05) is 0 Å². The average Bonchev–Trinajstić information content (AvgIpc) is 3.23. The minimum absolute atomic E-state index is 0.00521. The van der Waals surface area contributed by atoms with Crippen molar-refractivity contribution in [2.75, 3.05) is 14.2 Å². The van der Waals surface area contributed by atoms with Crippen molar-refractivity contribution in [3.63, 3.8) is 0 Å². The fourth-order valence-corrected chi connectivity index (χ4v) is 2.96. The molecule has 33 heavy (non-hydrogen) atoms. The zero-order valence-electron chi connectivity index (χ0n) is 17.2.